The molecule has 2 aliphatic rings. The molecule has 49 heavy (non-hydrogen) atoms. The van der Waals surface area contributed by atoms with Gasteiger partial charge in [0.25, 0.3) is 0 Å². The summed E-state index contributed by atoms with van der Waals surface area (Å²) in [5.74, 6) is -0.500. The van der Waals surface area contributed by atoms with Crippen LogP contribution >= 0.6 is 0 Å². The average molecular weight is 670 g/mol. The average Bonchev–Trinajstić information content (AvgIpc) is 3.71. The van der Waals surface area contributed by atoms with Gasteiger partial charge in [-0.2, -0.15) is 0 Å². The first-order valence-corrected chi connectivity index (χ1v) is 16.6. The van der Waals surface area contributed by atoms with E-state index in [0.29, 0.717) is 34.5 Å². The molecule has 258 valence electrons. The molecule has 13 heteroatoms. The number of aliphatic hydroxyl groups is 3. The fourth-order valence-electron chi connectivity index (χ4n) is 6.43. The maximum atomic E-state index is 13.0. The van der Waals surface area contributed by atoms with Crippen molar-refractivity contribution in [2.75, 3.05) is 64.9 Å². The molecule has 0 saturated carbocycles. The van der Waals surface area contributed by atoms with Crippen molar-refractivity contribution < 1.29 is 34.5 Å². The van der Waals surface area contributed by atoms with Gasteiger partial charge in [0.2, 0.25) is 5.91 Å². The van der Waals surface area contributed by atoms with Gasteiger partial charge in [0, 0.05) is 61.3 Å². The summed E-state index contributed by atoms with van der Waals surface area (Å²) < 4.78 is 12.1. The van der Waals surface area contributed by atoms with Crippen molar-refractivity contribution in [3.63, 3.8) is 0 Å². The van der Waals surface area contributed by atoms with Gasteiger partial charge < -0.3 is 44.5 Å². The quantitative estimate of drug-likeness (QED) is 0.119. The third-order valence-electron chi connectivity index (χ3n) is 9.60. The smallest absolute Gasteiger partial charge is 0.494 e. The van der Waals surface area contributed by atoms with Gasteiger partial charge in [-0.1, -0.05) is 49.4 Å². The molecule has 4 aromatic rings. The van der Waals surface area contributed by atoms with E-state index < -0.39 is 38.0 Å². The first kappa shape index (κ1) is 34.8. The van der Waals surface area contributed by atoms with Crippen LogP contribution in [-0.4, -0.2) is 132 Å². The molecule has 0 unspecified atom stereocenters. The second-order valence-corrected chi connectivity index (χ2v) is 12.9. The number of aromatic amines is 1. The molecule has 2 fully saturated rings. The summed E-state index contributed by atoms with van der Waals surface area (Å²) >= 11 is 0. The highest BCUT2D eigenvalue weighted by atomic mass is 16.7. The molecule has 0 spiro atoms. The number of rotatable bonds is 11. The highest BCUT2D eigenvalue weighted by Crippen LogP contribution is 2.33. The topological polar surface area (TPSA) is 154 Å². The molecule has 1 amide bonds. The summed E-state index contributed by atoms with van der Waals surface area (Å²) in [4.78, 5) is 27.2. The number of carbonyl (C=O) groups excluding carboxylic acids is 1. The Morgan fingerprint density at radius 2 is 1.76 bits per heavy atom. The third kappa shape index (κ3) is 7.58. The van der Waals surface area contributed by atoms with Gasteiger partial charge in [0.15, 0.2) is 5.88 Å². The molecule has 5 N–H and O–H groups in total. The van der Waals surface area contributed by atoms with E-state index in [9.17, 15) is 25.2 Å². The molecule has 0 bridgehead atoms. The largest absolute Gasteiger partial charge is 0.494 e. The number of piperazine rings is 1. The van der Waals surface area contributed by atoms with Gasteiger partial charge in [-0.3, -0.25) is 9.69 Å². The molecule has 2 aliphatic heterocycles. The number of aromatic hydroxyl groups is 1. The Morgan fingerprint density at radius 1 is 1.04 bits per heavy atom. The molecule has 4 atom stereocenters. The van der Waals surface area contributed by atoms with Crippen LogP contribution < -0.4 is 10.4 Å². The summed E-state index contributed by atoms with van der Waals surface area (Å²) in [6.07, 6.45) is -2.32. The van der Waals surface area contributed by atoms with Gasteiger partial charge in [-0.25, -0.2) is 4.99 Å². The maximum Gasteiger partial charge on any atom is 0.494 e. The Balaban J connectivity index is 1.26. The van der Waals surface area contributed by atoms with Gasteiger partial charge >= 0.3 is 7.12 Å². The van der Waals surface area contributed by atoms with E-state index in [-0.39, 0.29) is 18.4 Å². The van der Waals surface area contributed by atoms with Crippen LogP contribution in [-0.2, 0) is 14.1 Å². The lowest BCUT2D eigenvalue weighted by molar-refractivity contribution is -0.119. The van der Waals surface area contributed by atoms with Crippen LogP contribution in [0.4, 0.5) is 11.4 Å². The van der Waals surface area contributed by atoms with Gasteiger partial charge in [0.1, 0.15) is 0 Å². The number of nitrogens with zero attached hydrogens (tertiary/aromatic N) is 4. The number of likely N-dealkylation sites (N-methyl/N-ethyl adjacent to an activating group) is 2. The van der Waals surface area contributed by atoms with Crippen LogP contribution in [0.2, 0.25) is 0 Å². The third-order valence-corrected chi connectivity index (χ3v) is 9.60. The zero-order valence-corrected chi connectivity index (χ0v) is 28.1. The van der Waals surface area contributed by atoms with Crippen molar-refractivity contribution >= 4 is 46.5 Å². The fraction of sp³-hybridized carbons (Fsp3) is 0.389. The molecule has 2 saturated heterocycles. The number of aromatic nitrogens is 1. The molecule has 3 aromatic carbocycles. The second kappa shape index (κ2) is 15.2. The monoisotopic (exact) mass is 669 g/mol. The van der Waals surface area contributed by atoms with Crippen molar-refractivity contribution in [2.45, 2.75) is 25.2 Å². The first-order valence-electron chi connectivity index (χ1n) is 16.6. The minimum atomic E-state index is -1.02. The number of amides is 1. The number of fused-ring (bicyclic) bond motifs is 1. The SMILES string of the molecule is C[C@@H]([C@@H]1OB(c2ccc3c(C(=Nc4ccc(N(C)C(=O)CN5CCN(C)CC5)cc4)c4ccccc4)c(O)[nH]c3c2)O[C@H]1CO)[C@H](O)CO. The van der Waals surface area contributed by atoms with Crippen LogP contribution in [0.25, 0.3) is 10.9 Å². The van der Waals surface area contributed by atoms with E-state index in [1.807, 2.05) is 72.8 Å². The molecule has 0 aliphatic carbocycles. The van der Waals surface area contributed by atoms with E-state index in [2.05, 4.69) is 21.8 Å². The van der Waals surface area contributed by atoms with E-state index in [0.717, 1.165) is 42.8 Å². The number of aliphatic hydroxyl groups excluding tert-OH is 3. The fourth-order valence-corrected chi connectivity index (χ4v) is 6.43. The van der Waals surface area contributed by atoms with Gasteiger partial charge in [-0.05, 0) is 42.8 Å². The lowest BCUT2D eigenvalue weighted by Gasteiger charge is -2.32. The number of benzene rings is 3. The second-order valence-electron chi connectivity index (χ2n) is 12.9. The van der Waals surface area contributed by atoms with Crippen LogP contribution in [0.5, 0.6) is 5.88 Å². The predicted octanol–water partition coefficient (Wildman–Crippen LogP) is 1.71. The summed E-state index contributed by atoms with van der Waals surface area (Å²) in [6, 6.07) is 22.6. The molecule has 0 radical (unpaired) electrons. The lowest BCUT2D eigenvalue weighted by Crippen LogP contribution is -2.48. The predicted molar refractivity (Wildman–Crippen MR) is 190 cm³/mol. The summed E-state index contributed by atoms with van der Waals surface area (Å²) in [5.41, 5.74) is 4.60. The normalized spacial score (nSPS) is 20.5. The Morgan fingerprint density at radius 3 is 2.43 bits per heavy atom. The number of aliphatic imine (C=N–C) groups is 1. The number of anilines is 1. The van der Waals surface area contributed by atoms with Crippen LogP contribution in [0.1, 0.15) is 18.1 Å². The Bertz CT molecular complexity index is 1760. The molecular formula is C36H44BN5O7. The summed E-state index contributed by atoms with van der Waals surface area (Å²) in [6.45, 7) is 5.03. The van der Waals surface area contributed by atoms with Crippen molar-refractivity contribution in [1.29, 1.82) is 0 Å². The van der Waals surface area contributed by atoms with Crippen molar-refractivity contribution in [3.05, 3.63) is 83.9 Å². The Hall–Kier alpha value is -4.08. The molecular weight excluding hydrogens is 625 g/mol. The highest BCUT2D eigenvalue weighted by molar-refractivity contribution is 6.62. The van der Waals surface area contributed by atoms with Crippen molar-refractivity contribution in [3.8, 4) is 5.88 Å². The van der Waals surface area contributed by atoms with Crippen LogP contribution in [0.15, 0.2) is 77.8 Å². The van der Waals surface area contributed by atoms with Crippen LogP contribution in [0.3, 0.4) is 0 Å². The number of hydrogen-bond acceptors (Lipinski definition) is 10. The molecule has 6 rings (SSSR count). The van der Waals surface area contributed by atoms with Crippen molar-refractivity contribution in [1.82, 2.24) is 14.8 Å². The Kier molecular flexibility index (Phi) is 10.8. The van der Waals surface area contributed by atoms with E-state index in [1.165, 1.54) is 0 Å². The Labute approximate surface area is 286 Å². The zero-order chi connectivity index (χ0) is 34.7. The number of nitrogens with one attached hydrogen (secondary N) is 1. The standard InChI is InChI=1S/C36H44BN5O7/c1-23(30(45)21-43)35-31(22-44)48-37(49-35)25-9-14-28-29(19-25)39-36(47)33(28)34(24-7-5-4-6-8-24)38-26-10-12-27(13-11-26)41(3)32(46)20-42-17-15-40(2)16-18-42/h4-14,19,23,30-31,35,39,43-45,47H,15-18,20-22H2,1-3H3/t23-,30-,31+,35+/m1/s1. The minimum absolute atomic E-state index is 0.0296. The molecule has 3 heterocycles. The highest BCUT2D eigenvalue weighted by Gasteiger charge is 2.44. The van der Waals surface area contributed by atoms with E-state index in [1.54, 1.807) is 18.9 Å². The number of H-pyrrole nitrogens is 1. The lowest BCUT2D eigenvalue weighted by atomic mass is 9.78. The minimum Gasteiger partial charge on any atom is -0.494 e. The van der Waals surface area contributed by atoms with E-state index in [4.69, 9.17) is 14.3 Å². The molecule has 1 aromatic heterocycles. The first-order chi connectivity index (χ1) is 23.7. The van der Waals surface area contributed by atoms with Crippen molar-refractivity contribution in [2.24, 2.45) is 10.9 Å². The number of carbonyl (C=O) groups is 1. The molecule has 12 nitrogen and oxygen atoms in total. The zero-order valence-electron chi connectivity index (χ0n) is 28.1. The van der Waals surface area contributed by atoms with E-state index >= 15 is 0 Å². The number of hydrogen-bond donors (Lipinski definition) is 5. The summed E-state index contributed by atoms with van der Waals surface area (Å²) in [5, 5.41) is 41.5. The van der Waals surface area contributed by atoms with Gasteiger partial charge in [0.05, 0.1) is 55.0 Å². The van der Waals surface area contributed by atoms with Gasteiger partial charge in [-0.15, -0.1) is 0 Å². The summed E-state index contributed by atoms with van der Waals surface area (Å²) in [7, 11) is 3.06. The maximum absolute atomic E-state index is 13.0. The van der Waals surface area contributed by atoms with Crippen LogP contribution in [0, 0.1) is 5.92 Å².